The fourth-order valence-corrected chi connectivity index (χ4v) is 1.78. The van der Waals surface area contributed by atoms with E-state index < -0.39 is 29.8 Å². The molecule has 0 fully saturated rings. The van der Waals surface area contributed by atoms with E-state index in [0.29, 0.717) is 0 Å². The number of hydrogen-bond acceptors (Lipinski definition) is 4. The predicted molar refractivity (Wildman–Crippen MR) is 55.7 cm³/mol. The van der Waals surface area contributed by atoms with E-state index in [9.17, 15) is 19.2 Å². The molecule has 1 radical (unpaired) electrons. The molecule has 0 spiro atoms. The number of hydrogen-bond donors (Lipinski definition) is 0. The largest absolute Gasteiger partial charge is 0.269 e. The first-order valence-electron chi connectivity index (χ1n) is 4.96. The molecule has 6 nitrogen and oxygen atoms in total. The Bertz CT molecular complexity index is 400. The van der Waals surface area contributed by atoms with Crippen molar-refractivity contribution in [3.63, 3.8) is 0 Å². The van der Waals surface area contributed by atoms with E-state index in [4.69, 9.17) is 0 Å². The van der Waals surface area contributed by atoms with Gasteiger partial charge in [-0.05, 0) is 13.3 Å². The van der Waals surface area contributed by atoms with E-state index in [1.807, 2.05) is 0 Å². The minimum absolute atomic E-state index is 0.0539. The number of carbonyl (C=O) groups is 4. The van der Waals surface area contributed by atoms with E-state index in [2.05, 4.69) is 6.92 Å². The van der Waals surface area contributed by atoms with Crippen molar-refractivity contribution in [3.05, 3.63) is 31.2 Å². The summed E-state index contributed by atoms with van der Waals surface area (Å²) in [7, 11) is 0. The summed E-state index contributed by atoms with van der Waals surface area (Å²) in [5.74, 6) is -2.18. The third kappa shape index (κ3) is 1.67. The summed E-state index contributed by atoms with van der Waals surface area (Å²) in [6.07, 6.45) is 3.50. The van der Waals surface area contributed by atoms with Gasteiger partial charge < -0.3 is 0 Å². The summed E-state index contributed by atoms with van der Waals surface area (Å²) in [6.45, 7) is 3.57. The first kappa shape index (κ1) is 11.3. The second-order valence-electron chi connectivity index (χ2n) is 3.53. The topological polar surface area (TPSA) is 74.8 Å². The molecule has 0 atom stereocenters. The van der Waals surface area contributed by atoms with Crippen LogP contribution in [0, 0.1) is 6.92 Å². The third-order valence-electron chi connectivity index (χ3n) is 2.54. The third-order valence-corrected chi connectivity index (χ3v) is 2.54. The molecule has 0 aromatic rings. The molecule has 4 amide bonds. The number of nitrogens with zero attached hydrogens (tertiary/aromatic N) is 2. The lowest BCUT2D eigenvalue weighted by Crippen LogP contribution is -2.53. The molecule has 0 aromatic heterocycles. The van der Waals surface area contributed by atoms with E-state index in [1.165, 1.54) is 0 Å². The average Bonchev–Trinajstić information content (AvgIpc) is 2.78. The molecule has 0 N–H and O–H groups in total. The minimum atomic E-state index is -0.958. The van der Waals surface area contributed by atoms with Crippen LogP contribution in [0.25, 0.3) is 0 Å². The standard InChI is InChI=1S/C11H9N2O4/c1-2-7(12-8(14)3-4-9(12)15)13-10(16)5-6-11(13)17/h3-7H,1-2H2. The zero-order chi connectivity index (χ0) is 12.6. The van der Waals surface area contributed by atoms with Crippen molar-refractivity contribution < 1.29 is 19.2 Å². The van der Waals surface area contributed by atoms with Gasteiger partial charge in [0.1, 0.15) is 6.17 Å². The number of carbonyl (C=O) groups excluding carboxylic acids is 4. The molecular formula is C11H9N2O4. The molecule has 0 aromatic carbocycles. The van der Waals surface area contributed by atoms with Crippen molar-refractivity contribution in [1.82, 2.24) is 9.80 Å². The van der Waals surface area contributed by atoms with Crippen LogP contribution in [-0.4, -0.2) is 39.6 Å². The Labute approximate surface area is 97.2 Å². The average molecular weight is 233 g/mol. The van der Waals surface area contributed by atoms with Gasteiger partial charge in [-0.2, -0.15) is 0 Å². The Kier molecular flexibility index (Phi) is 2.63. The van der Waals surface area contributed by atoms with Crippen LogP contribution in [0.15, 0.2) is 24.3 Å². The normalized spacial score (nSPS) is 19.4. The fourth-order valence-electron chi connectivity index (χ4n) is 1.78. The van der Waals surface area contributed by atoms with Crippen molar-refractivity contribution in [3.8, 4) is 0 Å². The van der Waals surface area contributed by atoms with Gasteiger partial charge in [-0.3, -0.25) is 29.0 Å². The molecule has 2 heterocycles. The maximum absolute atomic E-state index is 11.5. The molecule has 6 heteroatoms. The molecule has 87 valence electrons. The highest BCUT2D eigenvalue weighted by Gasteiger charge is 2.39. The molecule has 2 rings (SSSR count). The molecule has 0 unspecified atom stereocenters. The molecule has 2 aliphatic rings. The predicted octanol–water partition coefficient (Wildman–Crippen LogP) is -0.613. The monoisotopic (exact) mass is 233 g/mol. The molecule has 17 heavy (non-hydrogen) atoms. The summed E-state index contributed by atoms with van der Waals surface area (Å²) in [6, 6.07) is 0. The van der Waals surface area contributed by atoms with Crippen molar-refractivity contribution in [2.24, 2.45) is 0 Å². The number of amides is 4. The van der Waals surface area contributed by atoms with Gasteiger partial charge in [0.05, 0.1) is 0 Å². The Morgan fingerprint density at radius 2 is 1.12 bits per heavy atom. The fraction of sp³-hybridized carbons (Fsp3) is 0.182. The summed E-state index contributed by atoms with van der Waals surface area (Å²) in [5, 5.41) is 0. The zero-order valence-electron chi connectivity index (χ0n) is 8.83. The highest BCUT2D eigenvalue weighted by molar-refractivity contribution is 6.16. The Balaban J connectivity index is 2.29. The Morgan fingerprint density at radius 1 is 0.824 bits per heavy atom. The van der Waals surface area contributed by atoms with Crippen LogP contribution in [0.5, 0.6) is 0 Å². The molecular weight excluding hydrogens is 224 g/mol. The molecule has 0 bridgehead atoms. The van der Waals surface area contributed by atoms with Gasteiger partial charge >= 0.3 is 0 Å². The highest BCUT2D eigenvalue weighted by Crippen LogP contribution is 2.19. The summed E-state index contributed by atoms with van der Waals surface area (Å²) in [5.41, 5.74) is 0. The Hall–Kier alpha value is -2.24. The Morgan fingerprint density at radius 3 is 1.35 bits per heavy atom. The highest BCUT2D eigenvalue weighted by atomic mass is 16.2. The van der Waals surface area contributed by atoms with Crippen LogP contribution in [0.4, 0.5) is 0 Å². The van der Waals surface area contributed by atoms with Crippen LogP contribution < -0.4 is 0 Å². The van der Waals surface area contributed by atoms with Gasteiger partial charge in [0, 0.05) is 24.3 Å². The molecule has 0 saturated carbocycles. The first-order chi connectivity index (χ1) is 8.06. The molecule has 2 aliphatic heterocycles. The van der Waals surface area contributed by atoms with Crippen LogP contribution in [0.2, 0.25) is 0 Å². The summed E-state index contributed by atoms with van der Waals surface area (Å²) >= 11 is 0. The second kappa shape index (κ2) is 3.97. The smallest absolute Gasteiger partial charge is 0.255 e. The van der Waals surface area contributed by atoms with Gasteiger partial charge in [0.2, 0.25) is 0 Å². The van der Waals surface area contributed by atoms with E-state index in [1.54, 1.807) is 0 Å². The first-order valence-corrected chi connectivity index (χ1v) is 4.96. The van der Waals surface area contributed by atoms with E-state index >= 15 is 0 Å². The lowest BCUT2D eigenvalue weighted by molar-refractivity contribution is -0.151. The lowest BCUT2D eigenvalue weighted by Gasteiger charge is -2.31. The van der Waals surface area contributed by atoms with Gasteiger partial charge in [-0.25, -0.2) is 0 Å². The minimum Gasteiger partial charge on any atom is -0.269 e. The molecule has 0 saturated heterocycles. The van der Waals surface area contributed by atoms with E-state index in [-0.39, 0.29) is 6.42 Å². The zero-order valence-corrected chi connectivity index (χ0v) is 8.83. The number of rotatable bonds is 3. The molecule has 0 aliphatic carbocycles. The SMILES string of the molecule is [CH2]CC(N1C(=O)C=CC1=O)N1C(=O)C=CC1=O. The quantitative estimate of drug-likeness (QED) is 0.609. The maximum atomic E-state index is 11.5. The van der Waals surface area contributed by atoms with Gasteiger partial charge in [-0.15, -0.1) is 0 Å². The van der Waals surface area contributed by atoms with Gasteiger partial charge in [-0.1, -0.05) is 0 Å². The summed E-state index contributed by atoms with van der Waals surface area (Å²) in [4.78, 5) is 47.6. The maximum Gasteiger partial charge on any atom is 0.255 e. The van der Waals surface area contributed by atoms with Crippen molar-refractivity contribution >= 4 is 23.6 Å². The van der Waals surface area contributed by atoms with Crippen molar-refractivity contribution in [2.45, 2.75) is 12.6 Å². The number of imide groups is 2. The van der Waals surface area contributed by atoms with Crippen LogP contribution in [-0.2, 0) is 19.2 Å². The van der Waals surface area contributed by atoms with Crippen LogP contribution in [0.1, 0.15) is 6.42 Å². The van der Waals surface area contributed by atoms with E-state index in [0.717, 1.165) is 34.1 Å². The van der Waals surface area contributed by atoms with Crippen LogP contribution >= 0.6 is 0 Å². The van der Waals surface area contributed by atoms with Gasteiger partial charge in [0.25, 0.3) is 23.6 Å². The second-order valence-corrected chi connectivity index (χ2v) is 3.53. The van der Waals surface area contributed by atoms with Crippen molar-refractivity contribution in [2.75, 3.05) is 0 Å². The summed E-state index contributed by atoms with van der Waals surface area (Å²) < 4.78 is 0. The van der Waals surface area contributed by atoms with Crippen molar-refractivity contribution in [1.29, 1.82) is 0 Å². The lowest BCUT2D eigenvalue weighted by atomic mass is 10.3. The van der Waals surface area contributed by atoms with Crippen LogP contribution in [0.3, 0.4) is 0 Å². The van der Waals surface area contributed by atoms with Gasteiger partial charge in [0.15, 0.2) is 0 Å².